The molecule has 0 N–H and O–H groups in total. The molecule has 0 spiro atoms. The van der Waals surface area contributed by atoms with E-state index in [2.05, 4.69) is 20.8 Å². The summed E-state index contributed by atoms with van der Waals surface area (Å²) in [5.41, 5.74) is 3.33. The van der Waals surface area contributed by atoms with Crippen LogP contribution in [0.5, 0.6) is 5.75 Å². The third-order valence-corrected chi connectivity index (χ3v) is 8.25. The highest BCUT2D eigenvalue weighted by Crippen LogP contribution is 2.37. The van der Waals surface area contributed by atoms with Crippen LogP contribution in [-0.2, 0) is 4.79 Å². The number of halogens is 1. The summed E-state index contributed by atoms with van der Waals surface area (Å²) in [6, 6.07) is 15.6. The topological polar surface area (TPSA) is 47.4 Å². The molecule has 1 unspecified atom stereocenters. The summed E-state index contributed by atoms with van der Waals surface area (Å²) in [4.78, 5) is 15.8. The van der Waals surface area contributed by atoms with Gasteiger partial charge in [-0.2, -0.15) is 5.10 Å². The van der Waals surface area contributed by atoms with Crippen molar-refractivity contribution in [3.63, 3.8) is 0 Å². The number of thioether (sulfide) groups is 1. The van der Waals surface area contributed by atoms with E-state index in [1.54, 1.807) is 4.90 Å². The number of nitrogens with zero attached hydrogens (tertiary/aromatic N) is 3. The van der Waals surface area contributed by atoms with Gasteiger partial charge in [-0.1, -0.05) is 93.8 Å². The van der Waals surface area contributed by atoms with E-state index in [0.717, 1.165) is 54.6 Å². The van der Waals surface area contributed by atoms with Crippen LogP contribution in [-0.4, -0.2) is 38.1 Å². The van der Waals surface area contributed by atoms with E-state index >= 15 is 0 Å². The van der Waals surface area contributed by atoms with E-state index in [4.69, 9.17) is 33.7 Å². The molecule has 200 valence electrons. The molecule has 0 saturated carbocycles. The fraction of sp³-hybridized carbons (Fsp3) is 0.367. The first-order chi connectivity index (χ1) is 18.4. The van der Waals surface area contributed by atoms with Crippen LogP contribution < -0.4 is 4.74 Å². The Balaban J connectivity index is 1.69. The average Bonchev–Trinajstić information content (AvgIpc) is 3.46. The van der Waals surface area contributed by atoms with Crippen molar-refractivity contribution in [3.8, 4) is 22.7 Å². The lowest BCUT2D eigenvalue weighted by Gasteiger charge is -2.21. The van der Waals surface area contributed by atoms with E-state index in [1.165, 1.54) is 11.8 Å². The molecule has 38 heavy (non-hydrogen) atoms. The minimum Gasteiger partial charge on any atom is -0.492 e. The highest BCUT2D eigenvalue weighted by Gasteiger charge is 2.33. The predicted octanol–water partition coefficient (Wildman–Crippen LogP) is 8.40. The number of thiocarbonyl (C=S) groups is 1. The summed E-state index contributed by atoms with van der Waals surface area (Å²) in [6.07, 6.45) is 9.21. The first-order valence-electron chi connectivity index (χ1n) is 13.3. The van der Waals surface area contributed by atoms with Gasteiger partial charge in [-0.05, 0) is 55.2 Å². The van der Waals surface area contributed by atoms with Crippen molar-refractivity contribution in [2.45, 2.75) is 52.9 Å². The number of ether oxygens (including phenoxy) is 1. The SMILES string of the molecule is CCCCC(CC)CN1C(=O)/C(=C/c2cn(-c3ccccc3)nc2-c2ccc(OCCC)c(Cl)c2)SC1=S. The van der Waals surface area contributed by atoms with E-state index in [0.29, 0.717) is 39.1 Å². The molecule has 1 aliphatic rings. The standard InChI is InChI=1S/C30H34ClN3O2S2/c1-4-7-11-21(6-3)19-33-29(35)27(38-30(33)37)18-23-20-34(24-12-9-8-10-13-24)32-28(23)22-14-15-26(25(31)17-22)36-16-5-2/h8-10,12-15,17-18,20-21H,4-7,11,16,19H2,1-3H3/b27-18-. The number of amides is 1. The molecule has 3 aromatic rings. The third kappa shape index (κ3) is 6.68. The van der Waals surface area contributed by atoms with Gasteiger partial charge in [0.2, 0.25) is 0 Å². The molecule has 4 rings (SSSR count). The Labute approximate surface area is 240 Å². The maximum Gasteiger partial charge on any atom is 0.266 e. The monoisotopic (exact) mass is 567 g/mol. The minimum absolute atomic E-state index is 0.0327. The van der Waals surface area contributed by atoms with Crippen molar-refractivity contribution in [2.75, 3.05) is 13.2 Å². The van der Waals surface area contributed by atoms with Crippen LogP contribution >= 0.6 is 35.6 Å². The summed E-state index contributed by atoms with van der Waals surface area (Å²) in [5.74, 6) is 1.06. The quantitative estimate of drug-likeness (QED) is 0.162. The van der Waals surface area contributed by atoms with Gasteiger partial charge in [0.1, 0.15) is 15.8 Å². The largest absolute Gasteiger partial charge is 0.492 e. The first kappa shape index (κ1) is 28.4. The van der Waals surface area contributed by atoms with Crippen LogP contribution in [0.15, 0.2) is 59.6 Å². The van der Waals surface area contributed by atoms with Crippen molar-refractivity contribution in [3.05, 3.63) is 70.2 Å². The molecule has 0 bridgehead atoms. The molecule has 0 radical (unpaired) electrons. The second-order valence-electron chi connectivity index (χ2n) is 9.42. The highest BCUT2D eigenvalue weighted by molar-refractivity contribution is 8.26. The molecule has 1 saturated heterocycles. The Hall–Kier alpha value is -2.61. The summed E-state index contributed by atoms with van der Waals surface area (Å²) < 4.78 is 8.20. The molecule has 0 aliphatic carbocycles. The molecule has 1 fully saturated rings. The highest BCUT2D eigenvalue weighted by atomic mass is 35.5. The van der Waals surface area contributed by atoms with Crippen LogP contribution in [0.1, 0.15) is 58.4 Å². The van der Waals surface area contributed by atoms with Gasteiger partial charge in [-0.15, -0.1) is 0 Å². The molecule has 1 aliphatic heterocycles. The number of carbonyl (C=O) groups excluding carboxylic acids is 1. The van der Waals surface area contributed by atoms with Gasteiger partial charge in [-0.25, -0.2) is 4.68 Å². The maximum absolute atomic E-state index is 13.5. The molecular weight excluding hydrogens is 534 g/mol. The van der Waals surface area contributed by atoms with Crippen LogP contribution in [0.25, 0.3) is 23.0 Å². The van der Waals surface area contributed by atoms with Gasteiger partial charge in [0.25, 0.3) is 5.91 Å². The summed E-state index contributed by atoms with van der Waals surface area (Å²) in [6.45, 7) is 7.71. The molecule has 2 heterocycles. The molecule has 2 aromatic carbocycles. The molecular formula is C30H34ClN3O2S2. The zero-order chi connectivity index (χ0) is 27.1. The number of carbonyl (C=O) groups is 1. The Morgan fingerprint density at radius 1 is 1.13 bits per heavy atom. The van der Waals surface area contributed by atoms with Crippen LogP contribution in [0.3, 0.4) is 0 Å². The van der Waals surface area contributed by atoms with E-state index in [-0.39, 0.29) is 5.91 Å². The summed E-state index contributed by atoms with van der Waals surface area (Å²) >= 11 is 13.6. The van der Waals surface area contributed by atoms with Gasteiger partial charge in [0.05, 0.1) is 22.2 Å². The number of benzene rings is 2. The Kier molecular flexibility index (Phi) is 10.1. The lowest BCUT2D eigenvalue weighted by molar-refractivity contribution is -0.122. The summed E-state index contributed by atoms with van der Waals surface area (Å²) in [5, 5.41) is 5.42. The van der Waals surface area contributed by atoms with E-state index < -0.39 is 0 Å². The van der Waals surface area contributed by atoms with Crippen molar-refractivity contribution < 1.29 is 9.53 Å². The Morgan fingerprint density at radius 3 is 2.61 bits per heavy atom. The fourth-order valence-electron chi connectivity index (χ4n) is 4.38. The molecule has 1 amide bonds. The molecule has 1 aromatic heterocycles. The third-order valence-electron chi connectivity index (χ3n) is 6.57. The molecule has 8 heteroatoms. The number of unbranched alkanes of at least 4 members (excludes halogenated alkanes) is 1. The smallest absolute Gasteiger partial charge is 0.266 e. The van der Waals surface area contributed by atoms with Crippen molar-refractivity contribution in [1.29, 1.82) is 0 Å². The Morgan fingerprint density at radius 2 is 1.92 bits per heavy atom. The predicted molar refractivity (Wildman–Crippen MR) is 163 cm³/mol. The fourth-order valence-corrected chi connectivity index (χ4v) is 5.88. The second-order valence-corrected chi connectivity index (χ2v) is 11.5. The van der Waals surface area contributed by atoms with Crippen LogP contribution in [0.4, 0.5) is 0 Å². The van der Waals surface area contributed by atoms with Gasteiger partial charge >= 0.3 is 0 Å². The van der Waals surface area contributed by atoms with Gasteiger partial charge < -0.3 is 4.74 Å². The minimum atomic E-state index is -0.0327. The van der Waals surface area contributed by atoms with Gasteiger partial charge in [-0.3, -0.25) is 9.69 Å². The van der Waals surface area contributed by atoms with E-state index in [1.807, 2.05) is 65.5 Å². The zero-order valence-corrected chi connectivity index (χ0v) is 24.5. The molecule has 5 nitrogen and oxygen atoms in total. The number of hydrogen-bond acceptors (Lipinski definition) is 5. The van der Waals surface area contributed by atoms with Gasteiger partial charge in [0, 0.05) is 23.9 Å². The first-order valence-corrected chi connectivity index (χ1v) is 14.9. The summed E-state index contributed by atoms with van der Waals surface area (Å²) in [7, 11) is 0. The zero-order valence-electron chi connectivity index (χ0n) is 22.2. The average molecular weight is 568 g/mol. The number of aromatic nitrogens is 2. The van der Waals surface area contributed by atoms with Crippen LogP contribution in [0.2, 0.25) is 5.02 Å². The number of hydrogen-bond donors (Lipinski definition) is 0. The maximum atomic E-state index is 13.5. The van der Waals surface area contributed by atoms with Crippen molar-refractivity contribution in [2.24, 2.45) is 5.92 Å². The van der Waals surface area contributed by atoms with Crippen molar-refractivity contribution in [1.82, 2.24) is 14.7 Å². The number of rotatable bonds is 12. The molecule has 1 atom stereocenters. The normalized spacial score (nSPS) is 15.5. The van der Waals surface area contributed by atoms with Crippen molar-refractivity contribution >= 4 is 51.9 Å². The lowest BCUT2D eigenvalue weighted by atomic mass is 9.99. The van der Waals surface area contributed by atoms with Crippen LogP contribution in [0, 0.1) is 5.92 Å². The Bertz CT molecular complexity index is 1310. The van der Waals surface area contributed by atoms with E-state index in [9.17, 15) is 4.79 Å². The second kappa shape index (κ2) is 13.5. The van der Waals surface area contributed by atoms with Gasteiger partial charge in [0.15, 0.2) is 0 Å². The number of para-hydroxylation sites is 1. The lowest BCUT2D eigenvalue weighted by Crippen LogP contribution is -2.33.